The lowest BCUT2D eigenvalue weighted by atomic mass is 9.93. The maximum atomic E-state index is 11.5. The third-order valence-corrected chi connectivity index (χ3v) is 3.80. The number of carbonyl (C=O) groups is 1. The zero-order valence-electron chi connectivity index (χ0n) is 7.71. The van der Waals surface area contributed by atoms with Crippen LogP contribution in [0.1, 0.15) is 26.7 Å². The molecule has 0 radical (unpaired) electrons. The largest absolute Gasteiger partial charge is 0.616 e. The molecule has 0 bridgehead atoms. The van der Waals surface area contributed by atoms with Gasteiger partial charge in [-0.15, -0.1) is 0 Å². The van der Waals surface area contributed by atoms with Crippen LogP contribution in [0.5, 0.6) is 0 Å². The lowest BCUT2D eigenvalue weighted by molar-refractivity contribution is -0.125. The van der Waals surface area contributed by atoms with Crippen molar-refractivity contribution in [2.45, 2.75) is 26.7 Å². The minimum atomic E-state index is -0.728. The molecule has 2 nitrogen and oxygen atoms in total. The van der Waals surface area contributed by atoms with Crippen molar-refractivity contribution in [2.75, 3.05) is 11.5 Å². The van der Waals surface area contributed by atoms with Gasteiger partial charge in [0, 0.05) is 5.92 Å². The Morgan fingerprint density at radius 2 is 2.25 bits per heavy atom. The van der Waals surface area contributed by atoms with Crippen molar-refractivity contribution >= 4 is 17.0 Å². The van der Waals surface area contributed by atoms with Gasteiger partial charge in [0.15, 0.2) is 0 Å². The third-order valence-electron chi connectivity index (χ3n) is 2.28. The highest BCUT2D eigenvalue weighted by molar-refractivity contribution is 7.91. The Balaban J connectivity index is 2.46. The van der Waals surface area contributed by atoms with Gasteiger partial charge in [-0.25, -0.2) is 0 Å². The highest BCUT2D eigenvalue weighted by Crippen LogP contribution is 2.21. The van der Waals surface area contributed by atoms with Gasteiger partial charge >= 0.3 is 0 Å². The summed E-state index contributed by atoms with van der Waals surface area (Å²) in [5.41, 5.74) is 0. The highest BCUT2D eigenvalue weighted by atomic mass is 32.2. The third kappa shape index (κ3) is 2.49. The minimum Gasteiger partial charge on any atom is -0.616 e. The van der Waals surface area contributed by atoms with E-state index >= 15 is 0 Å². The number of hydrogen-bond donors (Lipinski definition) is 0. The molecule has 1 fully saturated rings. The second-order valence-electron chi connectivity index (χ2n) is 3.71. The Morgan fingerprint density at radius 1 is 1.58 bits per heavy atom. The fourth-order valence-corrected chi connectivity index (χ4v) is 3.01. The van der Waals surface area contributed by atoms with Crippen molar-refractivity contribution in [3.05, 3.63) is 0 Å². The van der Waals surface area contributed by atoms with Gasteiger partial charge in [0.1, 0.15) is 17.3 Å². The normalized spacial score (nSPS) is 30.7. The molecular weight excluding hydrogens is 172 g/mol. The summed E-state index contributed by atoms with van der Waals surface area (Å²) < 4.78 is 11.2. The van der Waals surface area contributed by atoms with Crippen LogP contribution in [-0.4, -0.2) is 21.8 Å². The first-order valence-electron chi connectivity index (χ1n) is 4.50. The molecular formula is C9H16O2S. The molecule has 1 aliphatic heterocycles. The predicted molar refractivity (Wildman–Crippen MR) is 50.4 cm³/mol. The van der Waals surface area contributed by atoms with Crippen LogP contribution in [0, 0.1) is 11.8 Å². The summed E-state index contributed by atoms with van der Waals surface area (Å²) in [6.45, 7) is 3.83. The first-order chi connectivity index (χ1) is 5.61. The quantitative estimate of drug-likeness (QED) is 0.614. The van der Waals surface area contributed by atoms with Crippen LogP contribution >= 0.6 is 0 Å². The van der Waals surface area contributed by atoms with Crippen LogP contribution in [0.4, 0.5) is 0 Å². The van der Waals surface area contributed by atoms with Crippen LogP contribution in [-0.2, 0) is 16.0 Å². The van der Waals surface area contributed by atoms with Gasteiger partial charge in [0.2, 0.25) is 0 Å². The molecule has 2 unspecified atom stereocenters. The smallest absolute Gasteiger partial charge is 0.143 e. The first-order valence-corrected chi connectivity index (χ1v) is 5.98. The SMILES string of the molecule is CC(C)C(=O)C1CCC[S+]([O-])C1. The molecule has 1 aliphatic rings. The Bertz CT molecular complexity index is 168. The Hall–Kier alpha value is -0.0200. The summed E-state index contributed by atoms with van der Waals surface area (Å²) in [6.07, 6.45) is 1.90. The summed E-state index contributed by atoms with van der Waals surface area (Å²) >= 11 is -0.728. The van der Waals surface area contributed by atoms with Crippen molar-refractivity contribution in [1.82, 2.24) is 0 Å². The van der Waals surface area contributed by atoms with E-state index in [4.69, 9.17) is 0 Å². The summed E-state index contributed by atoms with van der Waals surface area (Å²) in [5, 5.41) is 0. The van der Waals surface area contributed by atoms with Crippen molar-refractivity contribution in [1.29, 1.82) is 0 Å². The second-order valence-corrected chi connectivity index (χ2v) is 5.33. The van der Waals surface area contributed by atoms with E-state index < -0.39 is 11.2 Å². The molecule has 0 saturated carbocycles. The molecule has 0 aliphatic carbocycles. The molecule has 0 amide bonds. The van der Waals surface area contributed by atoms with Gasteiger partial charge in [-0.3, -0.25) is 4.79 Å². The van der Waals surface area contributed by atoms with Gasteiger partial charge in [-0.05, 0) is 12.8 Å². The zero-order valence-corrected chi connectivity index (χ0v) is 8.52. The monoisotopic (exact) mass is 188 g/mol. The lowest BCUT2D eigenvalue weighted by Gasteiger charge is -2.24. The van der Waals surface area contributed by atoms with Gasteiger partial charge < -0.3 is 4.55 Å². The van der Waals surface area contributed by atoms with Crippen molar-refractivity contribution < 1.29 is 9.35 Å². The summed E-state index contributed by atoms with van der Waals surface area (Å²) in [6, 6.07) is 0. The van der Waals surface area contributed by atoms with E-state index in [-0.39, 0.29) is 11.8 Å². The van der Waals surface area contributed by atoms with Gasteiger partial charge in [-0.2, -0.15) is 0 Å². The molecule has 1 heterocycles. The van der Waals surface area contributed by atoms with Crippen LogP contribution in [0.2, 0.25) is 0 Å². The number of ketones is 1. The van der Waals surface area contributed by atoms with E-state index in [1.165, 1.54) is 0 Å². The van der Waals surface area contributed by atoms with Crippen LogP contribution < -0.4 is 0 Å². The molecule has 0 aromatic carbocycles. The molecule has 1 saturated heterocycles. The van der Waals surface area contributed by atoms with Crippen LogP contribution in [0.15, 0.2) is 0 Å². The zero-order chi connectivity index (χ0) is 9.14. The van der Waals surface area contributed by atoms with Crippen LogP contribution in [0.25, 0.3) is 0 Å². The maximum absolute atomic E-state index is 11.5. The molecule has 12 heavy (non-hydrogen) atoms. The molecule has 2 atom stereocenters. The fourth-order valence-electron chi connectivity index (χ4n) is 1.58. The van der Waals surface area contributed by atoms with E-state index in [1.807, 2.05) is 13.8 Å². The van der Waals surface area contributed by atoms with Crippen molar-refractivity contribution in [3.8, 4) is 0 Å². The maximum Gasteiger partial charge on any atom is 0.143 e. The summed E-state index contributed by atoms with van der Waals surface area (Å²) in [5.74, 6) is 1.88. The number of carbonyl (C=O) groups excluding carboxylic acids is 1. The summed E-state index contributed by atoms with van der Waals surface area (Å²) in [7, 11) is 0. The molecule has 0 aromatic rings. The lowest BCUT2D eigenvalue weighted by Crippen LogP contribution is -2.32. The average Bonchev–Trinajstić information content (AvgIpc) is 2.03. The molecule has 0 aromatic heterocycles. The molecule has 0 spiro atoms. The van der Waals surface area contributed by atoms with E-state index in [1.54, 1.807) is 0 Å². The van der Waals surface area contributed by atoms with Gasteiger partial charge in [0.05, 0.1) is 5.92 Å². The standard InChI is InChI=1S/C9H16O2S/c1-7(2)9(10)8-4-3-5-12(11)6-8/h7-8H,3-6H2,1-2H3. The Kier molecular flexibility index (Phi) is 3.59. The Morgan fingerprint density at radius 3 is 2.75 bits per heavy atom. The average molecular weight is 188 g/mol. The predicted octanol–water partition coefficient (Wildman–Crippen LogP) is 1.37. The Labute approximate surface area is 76.9 Å². The van der Waals surface area contributed by atoms with E-state index in [0.717, 1.165) is 18.6 Å². The number of Topliss-reactive ketones (excluding diaryl/α,β-unsaturated/α-hetero) is 1. The fraction of sp³-hybridized carbons (Fsp3) is 0.889. The van der Waals surface area contributed by atoms with Gasteiger partial charge in [-0.1, -0.05) is 25.0 Å². The topological polar surface area (TPSA) is 40.1 Å². The minimum absolute atomic E-state index is 0.0829. The van der Waals surface area contributed by atoms with Gasteiger partial charge in [0.25, 0.3) is 0 Å². The molecule has 70 valence electrons. The van der Waals surface area contributed by atoms with E-state index in [0.29, 0.717) is 11.5 Å². The molecule has 0 N–H and O–H groups in total. The summed E-state index contributed by atoms with van der Waals surface area (Å²) in [4.78, 5) is 11.5. The van der Waals surface area contributed by atoms with Crippen molar-refractivity contribution in [2.24, 2.45) is 11.8 Å². The van der Waals surface area contributed by atoms with E-state index in [9.17, 15) is 9.35 Å². The number of hydrogen-bond acceptors (Lipinski definition) is 2. The first kappa shape index (κ1) is 10.1. The molecule has 1 rings (SSSR count). The second kappa shape index (κ2) is 4.28. The van der Waals surface area contributed by atoms with Crippen molar-refractivity contribution in [3.63, 3.8) is 0 Å². The van der Waals surface area contributed by atoms with E-state index in [2.05, 4.69) is 0 Å². The molecule has 3 heteroatoms. The van der Waals surface area contributed by atoms with Crippen LogP contribution in [0.3, 0.4) is 0 Å². The number of rotatable bonds is 2. The highest BCUT2D eigenvalue weighted by Gasteiger charge is 2.29.